The Morgan fingerprint density at radius 2 is 2.12 bits per heavy atom. The Balaban J connectivity index is 1.36. The number of aryl methyl sites for hydroxylation is 1. The molecule has 3 heterocycles. The molecule has 8 heteroatoms. The van der Waals surface area contributed by atoms with Crippen molar-refractivity contribution in [2.24, 2.45) is 0 Å². The van der Waals surface area contributed by atoms with Gasteiger partial charge < -0.3 is 14.7 Å². The second-order valence-electron chi connectivity index (χ2n) is 5.71. The zero-order valence-corrected chi connectivity index (χ0v) is 14.2. The molecule has 1 saturated heterocycles. The van der Waals surface area contributed by atoms with Gasteiger partial charge in [0, 0.05) is 49.8 Å². The number of rotatable bonds is 7. The second kappa shape index (κ2) is 8.05. The first-order valence-electron chi connectivity index (χ1n) is 8.12. The van der Waals surface area contributed by atoms with Gasteiger partial charge >= 0.3 is 0 Å². The van der Waals surface area contributed by atoms with Gasteiger partial charge in [0.15, 0.2) is 0 Å². The topological polar surface area (TPSA) is 88.3 Å². The number of hydrogen-bond acceptors (Lipinski definition) is 6. The number of amides is 2. The van der Waals surface area contributed by atoms with Crippen molar-refractivity contribution in [3.63, 3.8) is 0 Å². The molecule has 0 unspecified atom stereocenters. The van der Waals surface area contributed by atoms with Crippen molar-refractivity contribution >= 4 is 23.2 Å². The largest absolute Gasteiger partial charge is 0.356 e. The first kappa shape index (κ1) is 16.6. The number of carbonyl (C=O) groups is 2. The molecule has 24 heavy (non-hydrogen) atoms. The molecule has 1 aliphatic heterocycles. The summed E-state index contributed by atoms with van der Waals surface area (Å²) >= 11 is 1.57. The standard InChI is InChI=1S/C16H20N4O3S/c21-13(17-7-5-15(22)20-8-1-2-9-20)3-4-14-18-16(19-23-14)12-6-10-24-11-12/h6,10-11H,1-5,7-9H2,(H,17,21). The summed E-state index contributed by atoms with van der Waals surface area (Å²) < 4.78 is 5.15. The van der Waals surface area contributed by atoms with Crippen molar-refractivity contribution in [2.75, 3.05) is 19.6 Å². The lowest BCUT2D eigenvalue weighted by molar-refractivity contribution is -0.130. The van der Waals surface area contributed by atoms with Crippen LogP contribution in [0.3, 0.4) is 0 Å². The summed E-state index contributed by atoms with van der Waals surface area (Å²) in [5.41, 5.74) is 0.917. The Bertz CT molecular complexity index is 677. The van der Waals surface area contributed by atoms with Crippen molar-refractivity contribution in [1.82, 2.24) is 20.4 Å². The maximum absolute atomic E-state index is 11.9. The van der Waals surface area contributed by atoms with Gasteiger partial charge in [0.05, 0.1) is 0 Å². The third-order valence-electron chi connectivity index (χ3n) is 3.93. The molecule has 2 aromatic heterocycles. The second-order valence-corrected chi connectivity index (χ2v) is 6.49. The van der Waals surface area contributed by atoms with E-state index >= 15 is 0 Å². The Labute approximate surface area is 144 Å². The first-order valence-corrected chi connectivity index (χ1v) is 9.06. The molecule has 7 nitrogen and oxygen atoms in total. The fourth-order valence-electron chi connectivity index (χ4n) is 2.61. The SMILES string of the molecule is O=C(CCc1nc(-c2ccsc2)no1)NCCC(=O)N1CCCC1. The smallest absolute Gasteiger partial charge is 0.227 e. The summed E-state index contributed by atoms with van der Waals surface area (Å²) in [6, 6.07) is 1.92. The molecular weight excluding hydrogens is 328 g/mol. The van der Waals surface area contributed by atoms with Crippen LogP contribution < -0.4 is 5.32 Å². The minimum atomic E-state index is -0.112. The van der Waals surface area contributed by atoms with Crippen LogP contribution >= 0.6 is 11.3 Å². The molecular formula is C16H20N4O3S. The number of nitrogens with zero attached hydrogens (tertiary/aromatic N) is 3. The van der Waals surface area contributed by atoms with Crippen molar-refractivity contribution < 1.29 is 14.1 Å². The molecule has 1 fully saturated rings. The summed E-state index contributed by atoms with van der Waals surface area (Å²) in [6.07, 6.45) is 3.17. The molecule has 2 amide bonds. The van der Waals surface area contributed by atoms with Gasteiger partial charge in [-0.25, -0.2) is 0 Å². The van der Waals surface area contributed by atoms with E-state index in [-0.39, 0.29) is 18.2 Å². The quantitative estimate of drug-likeness (QED) is 0.825. The van der Waals surface area contributed by atoms with E-state index in [1.54, 1.807) is 11.3 Å². The molecule has 2 aromatic rings. The average molecular weight is 348 g/mol. The minimum Gasteiger partial charge on any atom is -0.356 e. The summed E-state index contributed by atoms with van der Waals surface area (Å²) in [4.78, 5) is 29.8. The molecule has 1 N–H and O–H groups in total. The van der Waals surface area contributed by atoms with Crippen LogP contribution in [0.1, 0.15) is 31.6 Å². The highest BCUT2D eigenvalue weighted by Crippen LogP contribution is 2.18. The van der Waals surface area contributed by atoms with Crippen LogP contribution in [0, 0.1) is 0 Å². The summed E-state index contributed by atoms with van der Waals surface area (Å²) in [7, 11) is 0. The van der Waals surface area contributed by atoms with E-state index in [0.717, 1.165) is 31.5 Å². The van der Waals surface area contributed by atoms with E-state index in [4.69, 9.17) is 4.52 Å². The van der Waals surface area contributed by atoms with Crippen LogP contribution in [-0.2, 0) is 16.0 Å². The van der Waals surface area contributed by atoms with Crippen molar-refractivity contribution in [1.29, 1.82) is 0 Å². The maximum atomic E-state index is 11.9. The molecule has 3 rings (SSSR count). The van der Waals surface area contributed by atoms with Gasteiger partial charge in [-0.05, 0) is 24.3 Å². The highest BCUT2D eigenvalue weighted by molar-refractivity contribution is 7.08. The zero-order valence-electron chi connectivity index (χ0n) is 13.4. The van der Waals surface area contributed by atoms with Crippen LogP contribution in [-0.4, -0.2) is 46.5 Å². The fourth-order valence-corrected chi connectivity index (χ4v) is 3.24. The monoisotopic (exact) mass is 348 g/mol. The van der Waals surface area contributed by atoms with Crippen molar-refractivity contribution in [3.05, 3.63) is 22.7 Å². The van der Waals surface area contributed by atoms with Gasteiger partial charge in [-0.1, -0.05) is 5.16 Å². The van der Waals surface area contributed by atoms with E-state index in [1.165, 1.54) is 0 Å². The Morgan fingerprint density at radius 3 is 2.88 bits per heavy atom. The van der Waals surface area contributed by atoms with Crippen LogP contribution in [0.5, 0.6) is 0 Å². The number of hydrogen-bond donors (Lipinski definition) is 1. The Kier molecular flexibility index (Phi) is 5.58. The lowest BCUT2D eigenvalue weighted by Crippen LogP contribution is -2.32. The number of carbonyl (C=O) groups excluding carboxylic acids is 2. The molecule has 128 valence electrons. The molecule has 0 bridgehead atoms. The fraction of sp³-hybridized carbons (Fsp3) is 0.500. The molecule has 0 aromatic carbocycles. The van der Waals surface area contributed by atoms with Gasteiger partial charge in [0.2, 0.25) is 23.5 Å². The average Bonchev–Trinajstić information content (AvgIpc) is 3.34. The van der Waals surface area contributed by atoms with Crippen LogP contribution in [0.2, 0.25) is 0 Å². The highest BCUT2D eigenvalue weighted by Gasteiger charge is 2.17. The zero-order chi connectivity index (χ0) is 16.8. The molecule has 0 saturated carbocycles. The summed E-state index contributed by atoms with van der Waals surface area (Å²) in [6.45, 7) is 2.06. The third kappa shape index (κ3) is 4.41. The van der Waals surface area contributed by atoms with Gasteiger partial charge in [0.1, 0.15) is 0 Å². The number of thiophene rings is 1. The van der Waals surface area contributed by atoms with Gasteiger partial charge in [-0.2, -0.15) is 16.3 Å². The lowest BCUT2D eigenvalue weighted by Gasteiger charge is -2.15. The number of aromatic nitrogens is 2. The number of nitrogens with one attached hydrogen (secondary N) is 1. The number of likely N-dealkylation sites (tertiary alicyclic amines) is 1. The van der Waals surface area contributed by atoms with Crippen molar-refractivity contribution in [2.45, 2.75) is 32.1 Å². The van der Waals surface area contributed by atoms with E-state index in [1.807, 2.05) is 21.7 Å². The lowest BCUT2D eigenvalue weighted by atomic mass is 10.3. The van der Waals surface area contributed by atoms with Crippen LogP contribution in [0.15, 0.2) is 21.3 Å². The molecule has 0 aliphatic carbocycles. The van der Waals surface area contributed by atoms with Crippen LogP contribution in [0.4, 0.5) is 0 Å². The first-order chi connectivity index (χ1) is 11.7. The minimum absolute atomic E-state index is 0.112. The Hall–Kier alpha value is -2.22. The molecule has 0 atom stereocenters. The predicted octanol–water partition coefficient (Wildman–Crippen LogP) is 1.86. The predicted molar refractivity (Wildman–Crippen MR) is 89.4 cm³/mol. The summed E-state index contributed by atoms with van der Waals surface area (Å²) in [5, 5.41) is 10.6. The van der Waals surface area contributed by atoms with E-state index in [0.29, 0.717) is 31.1 Å². The summed E-state index contributed by atoms with van der Waals surface area (Å²) in [5.74, 6) is 0.993. The molecule has 1 aliphatic rings. The third-order valence-corrected chi connectivity index (χ3v) is 4.62. The van der Waals surface area contributed by atoms with Gasteiger partial charge in [-0.3, -0.25) is 9.59 Å². The van der Waals surface area contributed by atoms with E-state index in [2.05, 4.69) is 15.5 Å². The maximum Gasteiger partial charge on any atom is 0.227 e. The molecule has 0 spiro atoms. The normalized spacial score (nSPS) is 14.1. The highest BCUT2D eigenvalue weighted by atomic mass is 32.1. The Morgan fingerprint density at radius 1 is 1.29 bits per heavy atom. The van der Waals surface area contributed by atoms with E-state index < -0.39 is 0 Å². The van der Waals surface area contributed by atoms with E-state index in [9.17, 15) is 9.59 Å². The van der Waals surface area contributed by atoms with Gasteiger partial charge in [0.25, 0.3) is 0 Å². The van der Waals surface area contributed by atoms with Crippen LogP contribution in [0.25, 0.3) is 11.4 Å². The molecule has 0 radical (unpaired) electrons. The van der Waals surface area contributed by atoms with Crippen molar-refractivity contribution in [3.8, 4) is 11.4 Å². The van der Waals surface area contributed by atoms with Gasteiger partial charge in [-0.15, -0.1) is 0 Å².